The van der Waals surface area contributed by atoms with E-state index in [1.165, 1.54) is 6.92 Å². The highest BCUT2D eigenvalue weighted by molar-refractivity contribution is 5.94. The molecule has 118 valence electrons. The van der Waals surface area contributed by atoms with Crippen LogP contribution in [0.3, 0.4) is 0 Å². The minimum absolute atomic E-state index is 0.233. The smallest absolute Gasteiger partial charge is 0.347 e. The van der Waals surface area contributed by atoms with Gasteiger partial charge in [-0.25, -0.2) is 9.59 Å². The molecule has 22 heavy (non-hydrogen) atoms. The number of rotatable bonds is 7. The van der Waals surface area contributed by atoms with E-state index in [0.29, 0.717) is 0 Å². The van der Waals surface area contributed by atoms with Crippen LogP contribution in [-0.2, 0) is 23.9 Å². The highest BCUT2D eigenvalue weighted by atomic mass is 16.6. The molecule has 0 radical (unpaired) electrons. The molecular weight excluding hydrogens is 288 g/mol. The molecule has 0 aliphatic heterocycles. The zero-order valence-corrected chi connectivity index (χ0v) is 12.4. The fourth-order valence-corrected chi connectivity index (χ4v) is 1.61. The summed E-state index contributed by atoms with van der Waals surface area (Å²) < 4.78 is 10.0. The summed E-state index contributed by atoms with van der Waals surface area (Å²) in [6.45, 7) is 6.36. The largest absolute Gasteiger partial charge is 0.481 e. The van der Waals surface area contributed by atoms with Crippen LogP contribution in [0.1, 0.15) is 31.9 Å². The van der Waals surface area contributed by atoms with E-state index in [-0.39, 0.29) is 5.57 Å². The Morgan fingerprint density at radius 3 is 2.27 bits per heavy atom. The van der Waals surface area contributed by atoms with Gasteiger partial charge in [0.2, 0.25) is 0 Å². The molecule has 0 fully saturated rings. The van der Waals surface area contributed by atoms with E-state index in [9.17, 15) is 14.4 Å². The predicted octanol–water partition coefficient (Wildman–Crippen LogP) is 2.25. The zero-order valence-electron chi connectivity index (χ0n) is 12.4. The molecule has 6 nitrogen and oxygen atoms in total. The first-order chi connectivity index (χ1) is 10.3. The maximum Gasteiger partial charge on any atom is 0.347 e. The van der Waals surface area contributed by atoms with Gasteiger partial charge in [-0.05, 0) is 19.4 Å². The van der Waals surface area contributed by atoms with Gasteiger partial charge in [-0.3, -0.25) is 4.79 Å². The Bertz CT molecular complexity index is 563. The quantitative estimate of drug-likeness (QED) is 0.614. The molecule has 2 unspecified atom stereocenters. The minimum Gasteiger partial charge on any atom is -0.481 e. The Balaban J connectivity index is 2.53. The Kier molecular flexibility index (Phi) is 6.31. The average Bonchev–Trinajstić information content (AvgIpc) is 2.47. The first-order valence-electron chi connectivity index (χ1n) is 6.67. The van der Waals surface area contributed by atoms with Crippen LogP contribution in [0.4, 0.5) is 0 Å². The molecule has 1 N–H and O–H groups in total. The Morgan fingerprint density at radius 1 is 1.14 bits per heavy atom. The number of carboxylic acid groups (broad SMARTS) is 1. The summed E-state index contributed by atoms with van der Waals surface area (Å²) in [6, 6.07) is 9.10. The van der Waals surface area contributed by atoms with Crippen LogP contribution in [0.5, 0.6) is 0 Å². The molecule has 0 heterocycles. The molecule has 1 aromatic rings. The van der Waals surface area contributed by atoms with Gasteiger partial charge in [-0.15, -0.1) is 0 Å². The number of ether oxygens (including phenoxy) is 2. The van der Waals surface area contributed by atoms with E-state index in [2.05, 4.69) is 6.58 Å². The Hall–Kier alpha value is -2.63. The van der Waals surface area contributed by atoms with E-state index in [1.807, 2.05) is 30.3 Å². The highest BCUT2D eigenvalue weighted by Crippen LogP contribution is 2.17. The van der Waals surface area contributed by atoms with Crippen molar-refractivity contribution in [3.8, 4) is 0 Å². The molecule has 0 saturated carbocycles. The van der Waals surface area contributed by atoms with E-state index in [1.54, 1.807) is 6.92 Å². The number of esters is 2. The van der Waals surface area contributed by atoms with E-state index >= 15 is 0 Å². The highest BCUT2D eigenvalue weighted by Gasteiger charge is 2.23. The van der Waals surface area contributed by atoms with Crippen molar-refractivity contribution in [1.82, 2.24) is 0 Å². The van der Waals surface area contributed by atoms with E-state index < -0.39 is 36.5 Å². The van der Waals surface area contributed by atoms with Crippen LogP contribution in [0.25, 0.3) is 0 Å². The second-order valence-corrected chi connectivity index (χ2v) is 4.71. The summed E-state index contributed by atoms with van der Waals surface area (Å²) in [7, 11) is 0. The Morgan fingerprint density at radius 2 is 1.73 bits per heavy atom. The van der Waals surface area contributed by atoms with Crippen molar-refractivity contribution in [3.63, 3.8) is 0 Å². The summed E-state index contributed by atoms with van der Waals surface area (Å²) in [4.78, 5) is 33.9. The number of hydrogen-bond donors (Lipinski definition) is 1. The molecule has 0 spiro atoms. The van der Waals surface area contributed by atoms with Crippen molar-refractivity contribution >= 4 is 17.9 Å². The minimum atomic E-state index is -1.20. The third-order valence-electron chi connectivity index (χ3n) is 2.83. The summed E-state index contributed by atoms with van der Waals surface area (Å²) in [5.74, 6) is -2.85. The fourth-order valence-electron chi connectivity index (χ4n) is 1.61. The molecule has 0 aliphatic carbocycles. The average molecular weight is 306 g/mol. The third-order valence-corrected chi connectivity index (χ3v) is 2.83. The van der Waals surface area contributed by atoms with Gasteiger partial charge in [0.1, 0.15) is 6.10 Å². The van der Waals surface area contributed by atoms with Crippen LogP contribution in [0.2, 0.25) is 0 Å². The van der Waals surface area contributed by atoms with Crippen LogP contribution >= 0.6 is 0 Å². The molecule has 0 bridgehead atoms. The maximum atomic E-state index is 11.9. The van der Waals surface area contributed by atoms with Gasteiger partial charge in [0, 0.05) is 5.57 Å². The van der Waals surface area contributed by atoms with Crippen LogP contribution < -0.4 is 0 Å². The van der Waals surface area contributed by atoms with Crippen molar-refractivity contribution in [1.29, 1.82) is 0 Å². The van der Waals surface area contributed by atoms with Gasteiger partial charge in [-0.1, -0.05) is 36.9 Å². The molecular formula is C16H18O6. The predicted molar refractivity (Wildman–Crippen MR) is 77.9 cm³/mol. The number of carboxylic acids is 1. The molecule has 6 heteroatoms. The number of benzene rings is 1. The summed E-state index contributed by atoms with van der Waals surface area (Å²) >= 11 is 0. The molecule has 0 amide bonds. The van der Waals surface area contributed by atoms with Gasteiger partial charge in [-0.2, -0.15) is 0 Å². The molecule has 0 aromatic heterocycles. The molecule has 1 aromatic carbocycles. The number of carbonyl (C=O) groups is 3. The third kappa shape index (κ3) is 5.40. The van der Waals surface area contributed by atoms with Gasteiger partial charge < -0.3 is 14.6 Å². The van der Waals surface area contributed by atoms with Crippen LogP contribution in [0.15, 0.2) is 42.5 Å². The van der Waals surface area contributed by atoms with E-state index in [4.69, 9.17) is 14.6 Å². The first kappa shape index (κ1) is 17.4. The zero-order chi connectivity index (χ0) is 16.7. The molecule has 0 saturated heterocycles. The van der Waals surface area contributed by atoms with E-state index in [0.717, 1.165) is 5.56 Å². The lowest BCUT2D eigenvalue weighted by Gasteiger charge is -2.17. The van der Waals surface area contributed by atoms with Crippen LogP contribution in [0, 0.1) is 0 Å². The molecule has 2 atom stereocenters. The van der Waals surface area contributed by atoms with Crippen molar-refractivity contribution in [3.05, 3.63) is 48.0 Å². The van der Waals surface area contributed by atoms with Crippen molar-refractivity contribution in [2.75, 3.05) is 0 Å². The molecule has 0 aliphatic rings. The van der Waals surface area contributed by atoms with Gasteiger partial charge in [0.25, 0.3) is 0 Å². The van der Waals surface area contributed by atoms with Crippen LogP contribution in [-0.4, -0.2) is 29.1 Å². The first-order valence-corrected chi connectivity index (χ1v) is 6.67. The standard InChI is InChI=1S/C16H18O6/c1-10(9-14(17)18)15(19)22-12(3)16(20)21-11(2)13-7-5-4-6-8-13/h4-8,11-12H,1,9H2,2-3H3,(H,17,18). The lowest BCUT2D eigenvalue weighted by atomic mass is 10.1. The van der Waals surface area contributed by atoms with Crippen molar-refractivity contribution in [2.45, 2.75) is 32.5 Å². The second-order valence-electron chi connectivity index (χ2n) is 4.71. The number of aliphatic carboxylic acids is 1. The lowest BCUT2D eigenvalue weighted by Crippen LogP contribution is -2.28. The monoisotopic (exact) mass is 306 g/mol. The topological polar surface area (TPSA) is 89.9 Å². The molecule has 1 rings (SSSR count). The summed E-state index contributed by atoms with van der Waals surface area (Å²) in [6.07, 6.45) is -2.18. The SMILES string of the molecule is C=C(CC(=O)O)C(=O)OC(C)C(=O)OC(C)c1ccccc1. The van der Waals surface area contributed by atoms with Gasteiger partial charge >= 0.3 is 17.9 Å². The second kappa shape index (κ2) is 7.97. The van der Waals surface area contributed by atoms with Crippen molar-refractivity contribution in [2.24, 2.45) is 0 Å². The van der Waals surface area contributed by atoms with Gasteiger partial charge in [0.05, 0.1) is 6.42 Å². The summed E-state index contributed by atoms with van der Waals surface area (Å²) in [5.41, 5.74) is 0.577. The van der Waals surface area contributed by atoms with Gasteiger partial charge in [0.15, 0.2) is 6.10 Å². The maximum absolute atomic E-state index is 11.9. The Labute approximate surface area is 128 Å². The summed E-state index contributed by atoms with van der Waals surface area (Å²) in [5, 5.41) is 8.56. The fraction of sp³-hybridized carbons (Fsp3) is 0.312. The van der Waals surface area contributed by atoms with Crippen molar-refractivity contribution < 1.29 is 29.0 Å². The number of hydrogen-bond acceptors (Lipinski definition) is 5. The normalized spacial score (nSPS) is 12.8. The number of carbonyl (C=O) groups excluding carboxylic acids is 2. The lowest BCUT2D eigenvalue weighted by molar-refractivity contribution is -0.168.